The lowest BCUT2D eigenvalue weighted by Crippen LogP contribution is -2.31. The summed E-state index contributed by atoms with van der Waals surface area (Å²) in [5, 5.41) is 0. The Morgan fingerprint density at radius 3 is 2.30 bits per heavy atom. The van der Waals surface area contributed by atoms with E-state index in [-0.39, 0.29) is 11.8 Å². The third-order valence-electron chi connectivity index (χ3n) is 3.72. The van der Waals surface area contributed by atoms with E-state index in [9.17, 15) is 4.79 Å². The van der Waals surface area contributed by atoms with Crippen LogP contribution in [0.4, 0.5) is 5.69 Å². The molecule has 0 unspecified atom stereocenters. The van der Waals surface area contributed by atoms with E-state index in [2.05, 4.69) is 31.2 Å². The molecule has 0 atom stereocenters. The zero-order valence-electron chi connectivity index (χ0n) is 11.8. The summed E-state index contributed by atoms with van der Waals surface area (Å²) >= 11 is 0. The van der Waals surface area contributed by atoms with Gasteiger partial charge in [-0.1, -0.05) is 48.0 Å². The van der Waals surface area contributed by atoms with Crippen LogP contribution in [0.5, 0.6) is 0 Å². The molecule has 1 aliphatic rings. The van der Waals surface area contributed by atoms with Crippen LogP contribution in [0.25, 0.3) is 0 Å². The topological polar surface area (TPSA) is 20.3 Å². The molecule has 0 bridgehead atoms. The minimum absolute atomic E-state index is 0.236. The average Bonchev–Trinajstić information content (AvgIpc) is 3.31. The molecule has 1 saturated carbocycles. The van der Waals surface area contributed by atoms with Gasteiger partial charge in [0.2, 0.25) is 5.91 Å². The Hall–Kier alpha value is -2.09. The second-order valence-electron chi connectivity index (χ2n) is 5.52. The van der Waals surface area contributed by atoms with Crippen LogP contribution in [0.15, 0.2) is 54.6 Å². The number of nitrogens with zero attached hydrogens (tertiary/aromatic N) is 1. The maximum atomic E-state index is 12.5. The summed E-state index contributed by atoms with van der Waals surface area (Å²) < 4.78 is 0. The first-order valence-electron chi connectivity index (χ1n) is 7.16. The van der Waals surface area contributed by atoms with E-state index in [1.54, 1.807) is 0 Å². The molecule has 0 N–H and O–H groups in total. The maximum absolute atomic E-state index is 12.5. The Balaban J connectivity index is 1.87. The van der Waals surface area contributed by atoms with Crippen molar-refractivity contribution in [1.82, 2.24) is 0 Å². The highest BCUT2D eigenvalue weighted by atomic mass is 16.2. The molecule has 0 saturated heterocycles. The van der Waals surface area contributed by atoms with Gasteiger partial charge in [0.25, 0.3) is 0 Å². The molecule has 0 heterocycles. The summed E-state index contributed by atoms with van der Waals surface area (Å²) in [5.74, 6) is 0.498. The Kier molecular flexibility index (Phi) is 3.55. The van der Waals surface area contributed by atoms with Gasteiger partial charge in [0.15, 0.2) is 0 Å². The molecule has 20 heavy (non-hydrogen) atoms. The van der Waals surface area contributed by atoms with E-state index in [0.717, 1.165) is 18.5 Å². The summed E-state index contributed by atoms with van der Waals surface area (Å²) in [6, 6.07) is 18.4. The first kappa shape index (κ1) is 12.9. The quantitative estimate of drug-likeness (QED) is 0.820. The fraction of sp³-hybridized carbons (Fsp3) is 0.278. The predicted octanol–water partition coefficient (Wildman–Crippen LogP) is 3.94. The summed E-state index contributed by atoms with van der Waals surface area (Å²) in [6.07, 6.45) is 2.08. The molecular weight excluding hydrogens is 246 g/mol. The fourth-order valence-electron chi connectivity index (χ4n) is 2.34. The number of anilines is 1. The number of carbonyl (C=O) groups is 1. The van der Waals surface area contributed by atoms with Gasteiger partial charge < -0.3 is 4.90 Å². The molecule has 0 aliphatic heterocycles. The Bertz CT molecular complexity index is 585. The van der Waals surface area contributed by atoms with E-state index >= 15 is 0 Å². The summed E-state index contributed by atoms with van der Waals surface area (Å²) in [7, 11) is 0. The Labute approximate surface area is 120 Å². The number of rotatable bonds is 4. The number of hydrogen-bond acceptors (Lipinski definition) is 1. The van der Waals surface area contributed by atoms with Gasteiger partial charge in [-0.25, -0.2) is 0 Å². The van der Waals surface area contributed by atoms with E-state index in [0.29, 0.717) is 6.54 Å². The Morgan fingerprint density at radius 1 is 1.05 bits per heavy atom. The zero-order valence-corrected chi connectivity index (χ0v) is 11.8. The van der Waals surface area contributed by atoms with Crippen LogP contribution in [0.2, 0.25) is 0 Å². The minimum Gasteiger partial charge on any atom is -0.308 e. The SMILES string of the molecule is Cc1ccc(N(Cc2ccccc2)C(=O)C2CC2)cc1. The van der Waals surface area contributed by atoms with Crippen molar-refractivity contribution in [3.05, 3.63) is 65.7 Å². The lowest BCUT2D eigenvalue weighted by Gasteiger charge is -2.23. The molecule has 2 heteroatoms. The molecule has 1 fully saturated rings. The second kappa shape index (κ2) is 5.49. The van der Waals surface area contributed by atoms with Gasteiger partial charge in [0.05, 0.1) is 6.54 Å². The van der Waals surface area contributed by atoms with Crippen LogP contribution >= 0.6 is 0 Å². The highest BCUT2D eigenvalue weighted by Gasteiger charge is 2.34. The van der Waals surface area contributed by atoms with E-state index in [1.165, 1.54) is 11.1 Å². The van der Waals surface area contributed by atoms with Crippen LogP contribution in [-0.2, 0) is 11.3 Å². The number of hydrogen-bond donors (Lipinski definition) is 0. The van der Waals surface area contributed by atoms with Gasteiger partial charge in [0, 0.05) is 11.6 Å². The van der Waals surface area contributed by atoms with Gasteiger partial charge >= 0.3 is 0 Å². The van der Waals surface area contributed by atoms with Crippen LogP contribution in [0.3, 0.4) is 0 Å². The number of benzene rings is 2. The number of amides is 1. The summed E-state index contributed by atoms with van der Waals surface area (Å²) in [6.45, 7) is 2.72. The van der Waals surface area contributed by atoms with Crippen molar-refractivity contribution in [2.75, 3.05) is 4.90 Å². The van der Waals surface area contributed by atoms with E-state index in [4.69, 9.17) is 0 Å². The molecule has 0 radical (unpaired) electrons. The lowest BCUT2D eigenvalue weighted by molar-refractivity contribution is -0.119. The van der Waals surface area contributed by atoms with Crippen molar-refractivity contribution < 1.29 is 4.79 Å². The molecule has 2 aromatic rings. The fourth-order valence-corrected chi connectivity index (χ4v) is 2.34. The van der Waals surface area contributed by atoms with Gasteiger partial charge in [-0.2, -0.15) is 0 Å². The van der Waals surface area contributed by atoms with Crippen molar-refractivity contribution in [1.29, 1.82) is 0 Å². The third-order valence-corrected chi connectivity index (χ3v) is 3.72. The van der Waals surface area contributed by atoms with Gasteiger partial charge in [-0.05, 0) is 37.5 Å². The third kappa shape index (κ3) is 2.90. The van der Waals surface area contributed by atoms with Crippen LogP contribution in [-0.4, -0.2) is 5.91 Å². The first-order chi connectivity index (χ1) is 9.74. The van der Waals surface area contributed by atoms with Gasteiger partial charge in [-0.3, -0.25) is 4.79 Å². The van der Waals surface area contributed by atoms with Crippen LogP contribution < -0.4 is 4.90 Å². The van der Waals surface area contributed by atoms with E-state index in [1.807, 2.05) is 35.2 Å². The minimum atomic E-state index is 0.236. The monoisotopic (exact) mass is 265 g/mol. The van der Waals surface area contributed by atoms with Crippen LogP contribution in [0, 0.1) is 12.8 Å². The van der Waals surface area contributed by atoms with Gasteiger partial charge in [0.1, 0.15) is 0 Å². The van der Waals surface area contributed by atoms with Crippen molar-refractivity contribution in [2.24, 2.45) is 5.92 Å². The molecule has 1 aliphatic carbocycles. The first-order valence-corrected chi connectivity index (χ1v) is 7.16. The lowest BCUT2D eigenvalue weighted by atomic mass is 10.1. The van der Waals surface area contributed by atoms with Crippen molar-refractivity contribution in [3.8, 4) is 0 Å². The smallest absolute Gasteiger partial charge is 0.230 e. The van der Waals surface area contributed by atoms with Gasteiger partial charge in [-0.15, -0.1) is 0 Å². The molecular formula is C18H19NO. The predicted molar refractivity (Wildman–Crippen MR) is 81.5 cm³/mol. The molecule has 1 amide bonds. The highest BCUT2D eigenvalue weighted by molar-refractivity contribution is 5.96. The average molecular weight is 265 g/mol. The van der Waals surface area contributed by atoms with Crippen LogP contribution in [0.1, 0.15) is 24.0 Å². The number of aryl methyl sites for hydroxylation is 1. The summed E-state index contributed by atoms with van der Waals surface area (Å²) in [5.41, 5.74) is 3.38. The number of carbonyl (C=O) groups excluding carboxylic acids is 1. The molecule has 2 nitrogen and oxygen atoms in total. The molecule has 0 spiro atoms. The molecule has 0 aromatic heterocycles. The second-order valence-corrected chi connectivity index (χ2v) is 5.52. The highest BCUT2D eigenvalue weighted by Crippen LogP contribution is 2.33. The largest absolute Gasteiger partial charge is 0.308 e. The normalized spacial score (nSPS) is 14.1. The van der Waals surface area contributed by atoms with Crippen molar-refractivity contribution in [2.45, 2.75) is 26.3 Å². The molecule has 102 valence electrons. The maximum Gasteiger partial charge on any atom is 0.230 e. The van der Waals surface area contributed by atoms with E-state index < -0.39 is 0 Å². The Morgan fingerprint density at radius 2 is 1.70 bits per heavy atom. The standard InChI is InChI=1S/C18H19NO/c1-14-7-11-17(12-8-14)19(18(20)16-9-10-16)13-15-5-3-2-4-6-15/h2-8,11-12,16H,9-10,13H2,1H3. The summed E-state index contributed by atoms with van der Waals surface area (Å²) in [4.78, 5) is 14.4. The molecule has 2 aromatic carbocycles. The van der Waals surface area contributed by atoms with Crippen molar-refractivity contribution >= 4 is 11.6 Å². The van der Waals surface area contributed by atoms with Crippen molar-refractivity contribution in [3.63, 3.8) is 0 Å². The zero-order chi connectivity index (χ0) is 13.9. The molecule has 3 rings (SSSR count).